The van der Waals surface area contributed by atoms with Crippen LogP contribution in [0.25, 0.3) is 0 Å². The molecule has 68 heavy (non-hydrogen) atoms. The Hall–Kier alpha value is -2.36. The Morgan fingerprint density at radius 1 is 0.353 bits per heavy atom. The van der Waals surface area contributed by atoms with Gasteiger partial charge in [0.05, 0.1) is 6.61 Å². The van der Waals surface area contributed by atoms with E-state index in [0.717, 1.165) is 161 Å². The molecule has 6 N–H and O–H groups in total. The van der Waals surface area contributed by atoms with E-state index in [2.05, 4.69) is 27.7 Å². The number of carbonyl (C=O) groups is 4. The Balaban J connectivity index is 6.73. The van der Waals surface area contributed by atoms with Gasteiger partial charge in [-0.2, -0.15) is 0 Å². The fraction of sp³-hybridized carbons (Fsp3) is 0.926. The molecule has 0 aromatic carbocycles. The molecule has 0 radical (unpaired) electrons. The van der Waals surface area contributed by atoms with Crippen molar-refractivity contribution in [3.8, 4) is 0 Å². The van der Waals surface area contributed by atoms with Crippen LogP contribution in [0.15, 0.2) is 0 Å². The van der Waals surface area contributed by atoms with Gasteiger partial charge in [-0.05, 0) is 25.7 Å². The van der Waals surface area contributed by atoms with E-state index >= 15 is 0 Å². The first-order valence-corrected chi connectivity index (χ1v) is 27.7. The maximum Gasteiger partial charge on any atom is 0.451 e. The largest absolute Gasteiger partial charge is 0.451 e. The van der Waals surface area contributed by atoms with Crippen LogP contribution in [0.5, 0.6) is 0 Å². The number of hydrogen-bond acceptors (Lipinski definition) is 14. The summed E-state index contributed by atoms with van der Waals surface area (Å²) in [4.78, 5) is 54.5. The molecule has 0 aliphatic rings. The molecular weight excluding hydrogens is 873 g/mol. The van der Waals surface area contributed by atoms with Crippen molar-refractivity contribution < 1.29 is 68.8 Å². The second-order valence-electron chi connectivity index (χ2n) is 19.3. The van der Waals surface area contributed by atoms with Gasteiger partial charge >= 0.3 is 41.4 Å². The molecule has 0 amide bonds. The molecule has 0 aromatic rings. The van der Waals surface area contributed by atoms with E-state index in [1.54, 1.807) is 0 Å². The SMILES string of the molecule is CCCCCCCCCCCC(=O)OC(O)(OC(=O)CCCCCCCCCCC)[C@](O)(OC(=O)CCCCCCCCCCC)[C@](O)(OC(=O)CCCCCCCCCCC)[C@H](O)[C@@H](O)CO. The number of aliphatic hydroxyl groups excluding tert-OH is 3. The molecule has 0 rings (SSSR count). The van der Waals surface area contributed by atoms with Crippen molar-refractivity contribution in [1.29, 1.82) is 0 Å². The van der Waals surface area contributed by atoms with Crippen molar-refractivity contribution in [2.24, 2.45) is 0 Å². The first kappa shape index (κ1) is 65.6. The van der Waals surface area contributed by atoms with Crippen molar-refractivity contribution in [2.75, 3.05) is 6.61 Å². The molecule has 0 aromatic heterocycles. The average Bonchev–Trinajstić information content (AvgIpc) is 3.31. The van der Waals surface area contributed by atoms with Gasteiger partial charge in [-0.1, -0.05) is 233 Å². The molecule has 0 saturated carbocycles. The van der Waals surface area contributed by atoms with Gasteiger partial charge in [0.15, 0.2) is 6.10 Å². The number of ether oxygens (including phenoxy) is 4. The highest BCUT2D eigenvalue weighted by atomic mass is 16.9. The average molecular weight is 975 g/mol. The van der Waals surface area contributed by atoms with Crippen molar-refractivity contribution >= 4 is 23.9 Å². The molecule has 0 unspecified atom stereocenters. The van der Waals surface area contributed by atoms with Gasteiger partial charge < -0.3 is 49.6 Å². The van der Waals surface area contributed by atoms with Crippen LogP contribution >= 0.6 is 0 Å². The summed E-state index contributed by atoms with van der Waals surface area (Å²) in [6, 6.07) is 0. The Labute approximate surface area is 412 Å². The minimum atomic E-state index is -4.30. The van der Waals surface area contributed by atoms with E-state index in [1.807, 2.05) is 0 Å². The van der Waals surface area contributed by atoms with Gasteiger partial charge in [-0.25, -0.2) is 0 Å². The quantitative estimate of drug-likeness (QED) is 0.0144. The smallest absolute Gasteiger partial charge is 0.422 e. The monoisotopic (exact) mass is 975 g/mol. The molecule has 0 spiro atoms. The van der Waals surface area contributed by atoms with E-state index < -0.39 is 73.1 Å². The van der Waals surface area contributed by atoms with Crippen LogP contribution in [0, 0.1) is 0 Å². The van der Waals surface area contributed by atoms with E-state index in [4.69, 9.17) is 18.9 Å². The lowest BCUT2D eigenvalue weighted by molar-refractivity contribution is -0.513. The highest BCUT2D eigenvalue weighted by molar-refractivity contribution is 5.73. The zero-order chi connectivity index (χ0) is 50.8. The standard InChI is InChI=1S/C54H102O14/c1-5-9-13-17-21-25-29-33-37-41-47(57)65-52(62,51(61)46(56)45-55)53(63,66-48(58)42-38-34-30-26-22-18-14-10-6-2)54(64,67-49(59)43-39-35-31-27-23-19-15-11-7-3)68-50(60)44-40-36-32-28-24-20-16-12-8-4/h46,51,55-56,61-64H,5-45H2,1-4H3/t46-,51+,52+,53+/m0/s1. The summed E-state index contributed by atoms with van der Waals surface area (Å²) in [5.41, 5.74) is 0. The normalized spacial score (nSPS) is 14.4. The number of unbranched alkanes of at least 4 members (excludes halogenated alkanes) is 32. The molecule has 0 aliphatic carbocycles. The second kappa shape index (κ2) is 42.3. The number of rotatable bonds is 49. The molecule has 0 saturated heterocycles. The molecule has 0 bridgehead atoms. The number of hydrogen-bond donors (Lipinski definition) is 6. The molecular formula is C54H102O14. The minimum absolute atomic E-state index is 0.220. The van der Waals surface area contributed by atoms with Gasteiger partial charge in [0.25, 0.3) is 0 Å². The highest BCUT2D eigenvalue weighted by Gasteiger charge is 2.77. The highest BCUT2D eigenvalue weighted by Crippen LogP contribution is 2.42. The van der Waals surface area contributed by atoms with Gasteiger partial charge in [-0.3, -0.25) is 19.2 Å². The Morgan fingerprint density at radius 2 is 0.574 bits per heavy atom. The minimum Gasteiger partial charge on any atom is -0.422 e. The van der Waals surface area contributed by atoms with Crippen LogP contribution in [-0.2, 0) is 38.1 Å². The second-order valence-corrected chi connectivity index (χ2v) is 19.3. The number of esters is 4. The molecule has 0 fully saturated rings. The van der Waals surface area contributed by atoms with E-state index in [0.29, 0.717) is 25.7 Å². The zero-order valence-electron chi connectivity index (χ0n) is 43.6. The lowest BCUT2D eigenvalue weighted by atomic mass is 9.92. The number of carbonyl (C=O) groups excluding carboxylic acids is 4. The summed E-state index contributed by atoms with van der Waals surface area (Å²) in [5, 5.41) is 69.3. The predicted octanol–water partition coefficient (Wildman–Crippen LogP) is 11.6. The molecule has 0 heterocycles. The third-order valence-corrected chi connectivity index (χ3v) is 12.8. The Kier molecular flexibility index (Phi) is 40.9. The summed E-state index contributed by atoms with van der Waals surface area (Å²) < 4.78 is 21.4. The molecule has 402 valence electrons. The summed E-state index contributed by atoms with van der Waals surface area (Å²) in [5.74, 6) is -17.6. The van der Waals surface area contributed by atoms with Crippen LogP contribution in [-0.4, -0.2) is 90.9 Å². The van der Waals surface area contributed by atoms with Crippen LogP contribution in [0.4, 0.5) is 0 Å². The van der Waals surface area contributed by atoms with Gasteiger partial charge in [0.1, 0.15) is 6.10 Å². The van der Waals surface area contributed by atoms with E-state index in [9.17, 15) is 49.8 Å². The van der Waals surface area contributed by atoms with Gasteiger partial charge in [-0.15, -0.1) is 0 Å². The first-order chi connectivity index (χ1) is 32.7. The van der Waals surface area contributed by atoms with Crippen LogP contribution in [0.2, 0.25) is 0 Å². The third-order valence-electron chi connectivity index (χ3n) is 12.8. The van der Waals surface area contributed by atoms with Crippen LogP contribution in [0.3, 0.4) is 0 Å². The van der Waals surface area contributed by atoms with Crippen LogP contribution < -0.4 is 0 Å². The van der Waals surface area contributed by atoms with Crippen molar-refractivity contribution in [3.05, 3.63) is 0 Å². The topological polar surface area (TPSA) is 227 Å². The lowest BCUT2D eigenvalue weighted by Crippen LogP contribution is -2.78. The summed E-state index contributed by atoms with van der Waals surface area (Å²) in [7, 11) is 0. The first-order valence-electron chi connectivity index (χ1n) is 27.7. The van der Waals surface area contributed by atoms with Gasteiger partial charge in [0.2, 0.25) is 0 Å². The number of aliphatic hydroxyl groups is 6. The fourth-order valence-corrected chi connectivity index (χ4v) is 8.38. The van der Waals surface area contributed by atoms with E-state index in [-0.39, 0.29) is 38.5 Å². The van der Waals surface area contributed by atoms with Crippen molar-refractivity contribution in [3.63, 3.8) is 0 Å². The molecule has 14 nitrogen and oxygen atoms in total. The molecule has 14 heteroatoms. The third kappa shape index (κ3) is 29.7. The molecule has 4 atom stereocenters. The van der Waals surface area contributed by atoms with Gasteiger partial charge in [0, 0.05) is 25.7 Å². The van der Waals surface area contributed by atoms with Crippen molar-refractivity contribution in [1.82, 2.24) is 0 Å². The van der Waals surface area contributed by atoms with E-state index in [1.165, 1.54) is 19.3 Å². The predicted molar refractivity (Wildman–Crippen MR) is 266 cm³/mol. The molecule has 0 aliphatic heterocycles. The maximum atomic E-state index is 13.7. The zero-order valence-corrected chi connectivity index (χ0v) is 43.6. The maximum absolute atomic E-state index is 13.7. The van der Waals surface area contributed by atoms with Crippen LogP contribution in [0.1, 0.15) is 285 Å². The summed E-state index contributed by atoms with van der Waals surface area (Å²) in [6.45, 7) is 7.30. The fourth-order valence-electron chi connectivity index (χ4n) is 8.38. The summed E-state index contributed by atoms with van der Waals surface area (Å²) >= 11 is 0. The Bertz CT molecular complexity index is 1210. The van der Waals surface area contributed by atoms with Crippen molar-refractivity contribution in [2.45, 2.75) is 314 Å². The summed E-state index contributed by atoms with van der Waals surface area (Å²) in [6.07, 6.45) is 25.7. The lowest BCUT2D eigenvalue weighted by Gasteiger charge is -2.48. The Morgan fingerprint density at radius 3 is 0.824 bits per heavy atom.